The van der Waals surface area contributed by atoms with Crippen LogP contribution in [0.5, 0.6) is 0 Å². The summed E-state index contributed by atoms with van der Waals surface area (Å²) in [7, 11) is 1.68. The summed E-state index contributed by atoms with van der Waals surface area (Å²) in [6.07, 6.45) is 3.55. The molecule has 0 aromatic heterocycles. The highest BCUT2D eigenvalue weighted by molar-refractivity contribution is 5.94. The fourth-order valence-electron chi connectivity index (χ4n) is 1.98. The van der Waals surface area contributed by atoms with Crippen LogP contribution in [0.2, 0.25) is 0 Å². The second kappa shape index (κ2) is 9.96. The third-order valence-corrected chi connectivity index (χ3v) is 3.05. The van der Waals surface area contributed by atoms with Crippen molar-refractivity contribution in [2.75, 3.05) is 32.1 Å². The topological polar surface area (TPSA) is 76.4 Å². The smallest absolute Gasteiger partial charge is 0.251 e. The molecule has 0 fully saturated rings. The number of hydrogen-bond donors (Lipinski definition) is 3. The summed E-state index contributed by atoms with van der Waals surface area (Å²) in [5, 5.41) is 6.14. The van der Waals surface area contributed by atoms with Gasteiger partial charge in [-0.15, -0.1) is 6.58 Å². The van der Waals surface area contributed by atoms with Gasteiger partial charge in [-0.3, -0.25) is 4.79 Å². The second-order valence-electron chi connectivity index (χ2n) is 4.80. The molecule has 116 valence electrons. The molecule has 0 aliphatic carbocycles. The van der Waals surface area contributed by atoms with E-state index in [0.717, 1.165) is 18.5 Å². The molecular weight excluding hydrogens is 266 g/mol. The lowest BCUT2D eigenvalue weighted by molar-refractivity contribution is 0.0958. The highest BCUT2D eigenvalue weighted by atomic mass is 16.5. The van der Waals surface area contributed by atoms with Gasteiger partial charge in [0.05, 0.1) is 6.61 Å². The number of ether oxygens (including phenoxy) is 1. The fraction of sp³-hybridized carbons (Fsp3) is 0.438. The Morgan fingerprint density at radius 1 is 1.43 bits per heavy atom. The molecule has 1 amide bonds. The van der Waals surface area contributed by atoms with E-state index >= 15 is 0 Å². The molecule has 5 heteroatoms. The van der Waals surface area contributed by atoms with E-state index in [4.69, 9.17) is 10.5 Å². The van der Waals surface area contributed by atoms with Gasteiger partial charge in [0, 0.05) is 30.9 Å². The molecule has 0 saturated carbocycles. The fourth-order valence-corrected chi connectivity index (χ4v) is 1.98. The first-order chi connectivity index (χ1) is 10.2. The van der Waals surface area contributed by atoms with Crippen molar-refractivity contribution in [2.24, 2.45) is 5.73 Å². The quantitative estimate of drug-likeness (QED) is 0.574. The maximum atomic E-state index is 11.8. The Hall–Kier alpha value is -1.85. The first-order valence-corrected chi connectivity index (χ1v) is 7.16. The Morgan fingerprint density at radius 2 is 2.14 bits per heavy atom. The van der Waals surface area contributed by atoms with E-state index in [-0.39, 0.29) is 11.9 Å². The molecule has 0 bridgehead atoms. The van der Waals surface area contributed by atoms with E-state index in [1.54, 1.807) is 25.3 Å². The molecule has 4 N–H and O–H groups in total. The summed E-state index contributed by atoms with van der Waals surface area (Å²) in [6, 6.07) is 7.61. The molecule has 0 saturated heterocycles. The number of benzene rings is 1. The minimum absolute atomic E-state index is 0.0991. The summed E-state index contributed by atoms with van der Waals surface area (Å²) in [4.78, 5) is 11.8. The van der Waals surface area contributed by atoms with Crippen LogP contribution in [0.25, 0.3) is 0 Å². The summed E-state index contributed by atoms with van der Waals surface area (Å²) >= 11 is 0. The second-order valence-corrected chi connectivity index (χ2v) is 4.80. The Kier molecular flexibility index (Phi) is 8.16. The molecular formula is C16H25N3O2. The molecule has 1 aromatic rings. The number of anilines is 1. The zero-order chi connectivity index (χ0) is 15.5. The molecule has 0 aliphatic heterocycles. The molecule has 21 heavy (non-hydrogen) atoms. The van der Waals surface area contributed by atoms with Crippen molar-refractivity contribution in [3.8, 4) is 0 Å². The molecule has 1 rings (SSSR count). The Bertz CT molecular complexity index is 432. The third kappa shape index (κ3) is 6.42. The number of nitrogens with two attached hydrogens (primary N) is 1. The predicted molar refractivity (Wildman–Crippen MR) is 86.5 cm³/mol. The highest BCUT2D eigenvalue weighted by Crippen LogP contribution is 2.13. The van der Waals surface area contributed by atoms with Crippen molar-refractivity contribution in [3.63, 3.8) is 0 Å². The first kappa shape index (κ1) is 17.2. The van der Waals surface area contributed by atoms with Crippen molar-refractivity contribution in [2.45, 2.75) is 18.9 Å². The van der Waals surface area contributed by atoms with Crippen LogP contribution < -0.4 is 16.4 Å². The minimum Gasteiger partial charge on any atom is -0.383 e. The van der Waals surface area contributed by atoms with E-state index in [9.17, 15) is 4.79 Å². The Morgan fingerprint density at radius 3 is 2.71 bits per heavy atom. The molecule has 1 atom stereocenters. The van der Waals surface area contributed by atoms with Crippen LogP contribution in [0.15, 0.2) is 36.9 Å². The first-order valence-electron chi connectivity index (χ1n) is 7.16. The molecule has 0 spiro atoms. The van der Waals surface area contributed by atoms with Gasteiger partial charge in [-0.1, -0.05) is 6.08 Å². The van der Waals surface area contributed by atoms with Crippen LogP contribution in [0.4, 0.5) is 5.69 Å². The lowest BCUT2D eigenvalue weighted by Crippen LogP contribution is -2.26. The SMILES string of the molecule is C=CCNC(=O)c1ccc(NC(CCCN)COC)cc1. The van der Waals surface area contributed by atoms with Gasteiger partial charge in [0.2, 0.25) is 0 Å². The van der Waals surface area contributed by atoms with Crippen molar-refractivity contribution in [1.82, 2.24) is 5.32 Å². The number of nitrogens with one attached hydrogen (secondary N) is 2. The van der Waals surface area contributed by atoms with Gasteiger partial charge in [-0.25, -0.2) is 0 Å². The number of amides is 1. The lowest BCUT2D eigenvalue weighted by atomic mass is 10.1. The summed E-state index contributed by atoms with van der Waals surface area (Å²) in [5.74, 6) is -0.0991. The number of methoxy groups -OCH3 is 1. The van der Waals surface area contributed by atoms with Gasteiger partial charge in [-0.2, -0.15) is 0 Å². The molecule has 1 unspecified atom stereocenters. The molecule has 0 heterocycles. The average Bonchev–Trinajstić information content (AvgIpc) is 2.51. The van der Waals surface area contributed by atoms with Crippen LogP contribution in [-0.4, -0.2) is 38.8 Å². The van der Waals surface area contributed by atoms with Crippen LogP contribution >= 0.6 is 0 Å². The summed E-state index contributed by atoms with van der Waals surface area (Å²) in [5.41, 5.74) is 7.14. The van der Waals surface area contributed by atoms with E-state index in [2.05, 4.69) is 17.2 Å². The Labute approximate surface area is 126 Å². The van der Waals surface area contributed by atoms with Crippen molar-refractivity contribution in [3.05, 3.63) is 42.5 Å². The molecule has 0 radical (unpaired) electrons. The minimum atomic E-state index is -0.0991. The maximum Gasteiger partial charge on any atom is 0.251 e. The molecule has 0 aliphatic rings. The Balaban J connectivity index is 2.59. The normalized spacial score (nSPS) is 11.7. The van der Waals surface area contributed by atoms with Crippen LogP contribution in [-0.2, 0) is 4.74 Å². The van der Waals surface area contributed by atoms with Gasteiger partial charge in [0.25, 0.3) is 5.91 Å². The molecule has 1 aromatic carbocycles. The van der Waals surface area contributed by atoms with E-state index in [1.165, 1.54) is 0 Å². The summed E-state index contributed by atoms with van der Waals surface area (Å²) in [6.45, 7) is 5.33. The highest BCUT2D eigenvalue weighted by Gasteiger charge is 2.09. The lowest BCUT2D eigenvalue weighted by Gasteiger charge is -2.19. The van der Waals surface area contributed by atoms with Gasteiger partial charge in [0.15, 0.2) is 0 Å². The van der Waals surface area contributed by atoms with E-state index in [1.807, 2.05) is 12.1 Å². The predicted octanol–water partition coefficient (Wildman–Crippen LogP) is 1.77. The number of hydrogen-bond acceptors (Lipinski definition) is 4. The van der Waals surface area contributed by atoms with Gasteiger partial charge < -0.3 is 21.1 Å². The van der Waals surface area contributed by atoms with Crippen molar-refractivity contribution >= 4 is 11.6 Å². The maximum absolute atomic E-state index is 11.8. The van der Waals surface area contributed by atoms with Crippen LogP contribution in [0, 0.1) is 0 Å². The monoisotopic (exact) mass is 291 g/mol. The third-order valence-electron chi connectivity index (χ3n) is 3.05. The van der Waals surface area contributed by atoms with E-state index < -0.39 is 0 Å². The number of carbonyl (C=O) groups excluding carboxylic acids is 1. The average molecular weight is 291 g/mol. The molecule has 5 nitrogen and oxygen atoms in total. The zero-order valence-corrected chi connectivity index (χ0v) is 12.6. The number of carbonyl (C=O) groups is 1. The van der Waals surface area contributed by atoms with Gasteiger partial charge in [0.1, 0.15) is 0 Å². The van der Waals surface area contributed by atoms with Crippen LogP contribution in [0.3, 0.4) is 0 Å². The van der Waals surface area contributed by atoms with Crippen LogP contribution in [0.1, 0.15) is 23.2 Å². The number of rotatable bonds is 10. The summed E-state index contributed by atoms with van der Waals surface area (Å²) < 4.78 is 5.20. The zero-order valence-electron chi connectivity index (χ0n) is 12.6. The largest absolute Gasteiger partial charge is 0.383 e. The van der Waals surface area contributed by atoms with E-state index in [0.29, 0.717) is 25.3 Å². The van der Waals surface area contributed by atoms with Gasteiger partial charge >= 0.3 is 0 Å². The van der Waals surface area contributed by atoms with Crippen molar-refractivity contribution < 1.29 is 9.53 Å². The van der Waals surface area contributed by atoms with Crippen molar-refractivity contribution in [1.29, 1.82) is 0 Å². The van der Waals surface area contributed by atoms with Gasteiger partial charge in [-0.05, 0) is 43.7 Å². The standard InChI is InChI=1S/C16H25N3O2/c1-3-11-18-16(20)13-6-8-14(9-7-13)19-15(12-21-2)5-4-10-17/h3,6-9,15,19H,1,4-5,10-12,17H2,2H3,(H,18,20).